The van der Waals surface area contributed by atoms with Gasteiger partial charge in [-0.1, -0.05) is 39.0 Å². The lowest BCUT2D eigenvalue weighted by atomic mass is 9.78. The topological polar surface area (TPSA) is 41.9 Å². The van der Waals surface area contributed by atoms with Gasteiger partial charge in [-0.2, -0.15) is 11.8 Å². The van der Waals surface area contributed by atoms with E-state index in [1.165, 1.54) is 11.1 Å². The lowest BCUT2D eigenvalue weighted by Crippen LogP contribution is -2.40. The number of benzene rings is 2. The normalized spacial score (nSPS) is 16.9. The van der Waals surface area contributed by atoms with Gasteiger partial charge in [-0.3, -0.25) is 4.90 Å². The molecule has 1 fully saturated rings. The maximum absolute atomic E-state index is 10.3. The number of hydrogen-bond acceptors (Lipinski definition) is 5. The highest BCUT2D eigenvalue weighted by molar-refractivity contribution is 14.1. The van der Waals surface area contributed by atoms with Crippen molar-refractivity contribution in [3.8, 4) is 11.5 Å². The summed E-state index contributed by atoms with van der Waals surface area (Å²) in [6.07, 6.45) is -0.473. The van der Waals surface area contributed by atoms with Crippen molar-refractivity contribution in [1.82, 2.24) is 4.90 Å². The molecule has 4 nitrogen and oxygen atoms in total. The van der Waals surface area contributed by atoms with E-state index in [0.717, 1.165) is 39.7 Å². The van der Waals surface area contributed by atoms with E-state index in [9.17, 15) is 5.11 Å². The van der Waals surface area contributed by atoms with Gasteiger partial charge < -0.3 is 14.6 Å². The van der Waals surface area contributed by atoms with Crippen LogP contribution in [0.3, 0.4) is 0 Å². The standard InChI is InChI=1S/C26H35ClINO3S/c1-19(15-27)17-32-25-9-6-21(14-24(25)28)26(2,3)20-4-7-23(8-5-20)31-18-22(30)16-29-10-12-33-13-11-29/h4-9,14,19,22,30H,10-13,15-18H2,1-3H3/i28-4. The summed E-state index contributed by atoms with van der Waals surface area (Å²) in [5, 5.41) is 10.3. The number of halogens is 2. The summed E-state index contributed by atoms with van der Waals surface area (Å²) in [6, 6.07) is 14.6. The van der Waals surface area contributed by atoms with E-state index in [4.69, 9.17) is 21.1 Å². The molecular formula is C26H35ClINO3S. The highest BCUT2D eigenvalue weighted by Gasteiger charge is 2.24. The summed E-state index contributed by atoms with van der Waals surface area (Å²) in [5.74, 6) is 4.90. The smallest absolute Gasteiger partial charge is 0.132 e. The Morgan fingerprint density at radius 2 is 1.73 bits per heavy atom. The number of rotatable bonds is 11. The molecule has 2 aromatic rings. The Bertz CT molecular complexity index is 874. The highest BCUT2D eigenvalue weighted by Crippen LogP contribution is 2.35. The van der Waals surface area contributed by atoms with Gasteiger partial charge >= 0.3 is 0 Å². The van der Waals surface area contributed by atoms with Crippen LogP contribution in [0.25, 0.3) is 0 Å². The van der Waals surface area contributed by atoms with Gasteiger partial charge in [-0.25, -0.2) is 0 Å². The number of alkyl halides is 1. The number of nitrogens with zero attached hydrogens (tertiary/aromatic N) is 1. The first-order chi connectivity index (χ1) is 15.8. The van der Waals surface area contributed by atoms with Crippen LogP contribution in [0.2, 0.25) is 0 Å². The molecule has 0 radical (unpaired) electrons. The zero-order chi connectivity index (χ0) is 23.8. The summed E-state index contributed by atoms with van der Waals surface area (Å²) in [6.45, 7) is 10.2. The lowest BCUT2D eigenvalue weighted by Gasteiger charge is -2.28. The molecular weight excluding hydrogens is 565 g/mol. The van der Waals surface area contributed by atoms with Crippen LogP contribution < -0.4 is 9.47 Å². The van der Waals surface area contributed by atoms with E-state index < -0.39 is 6.10 Å². The van der Waals surface area contributed by atoms with Crippen molar-refractivity contribution in [2.24, 2.45) is 5.92 Å². The summed E-state index contributed by atoms with van der Waals surface area (Å²) < 4.78 is 12.9. The average molecular weight is 600 g/mol. The Balaban J connectivity index is 1.57. The van der Waals surface area contributed by atoms with E-state index in [-0.39, 0.29) is 5.41 Å². The minimum absolute atomic E-state index is 0.161. The van der Waals surface area contributed by atoms with Crippen LogP contribution in [0.5, 0.6) is 11.5 Å². The molecule has 33 heavy (non-hydrogen) atoms. The summed E-state index contributed by atoms with van der Waals surface area (Å²) in [4.78, 5) is 2.31. The first-order valence-electron chi connectivity index (χ1n) is 11.5. The first-order valence-corrected chi connectivity index (χ1v) is 14.3. The number of aliphatic hydroxyl groups excluding tert-OH is 1. The Morgan fingerprint density at radius 3 is 2.36 bits per heavy atom. The monoisotopic (exact) mass is 599 g/mol. The predicted molar refractivity (Wildman–Crippen MR) is 148 cm³/mol. The van der Waals surface area contributed by atoms with Crippen LogP contribution in [0, 0.1) is 9.49 Å². The molecule has 1 aliphatic rings. The molecule has 0 bridgehead atoms. The Kier molecular flexibility index (Phi) is 10.5. The third-order valence-electron chi connectivity index (χ3n) is 6.03. The maximum atomic E-state index is 10.3. The van der Waals surface area contributed by atoms with Crippen LogP contribution in [0.1, 0.15) is 31.9 Å². The molecule has 2 aromatic carbocycles. The molecule has 1 aliphatic heterocycles. The minimum Gasteiger partial charge on any atom is -0.492 e. The summed E-state index contributed by atoms with van der Waals surface area (Å²) >= 11 is 10.2. The average Bonchev–Trinajstić information content (AvgIpc) is 2.82. The fourth-order valence-corrected chi connectivity index (χ4v) is 5.48. The number of aliphatic hydroxyl groups is 1. The quantitative estimate of drug-likeness (QED) is 0.267. The first kappa shape index (κ1) is 26.9. The SMILES string of the molecule is CC(CCl)COc1ccc(C(C)(C)c2ccc(OCC(O)CN3CCSCC3)cc2)cc1[123I]. The molecule has 3 rings (SSSR count). The van der Waals surface area contributed by atoms with Crippen LogP contribution in [0.4, 0.5) is 0 Å². The summed E-state index contributed by atoms with van der Waals surface area (Å²) in [5.41, 5.74) is 2.28. The Labute approximate surface area is 221 Å². The molecule has 1 heterocycles. The third-order valence-corrected chi connectivity index (χ3v) is 8.34. The van der Waals surface area contributed by atoms with Crippen LogP contribution in [-0.2, 0) is 5.41 Å². The second-order valence-corrected chi connectivity index (χ2v) is 11.9. The van der Waals surface area contributed by atoms with E-state index in [0.29, 0.717) is 31.6 Å². The molecule has 0 aliphatic carbocycles. The second kappa shape index (κ2) is 12.9. The van der Waals surface area contributed by atoms with Crippen LogP contribution in [-0.4, -0.2) is 66.3 Å². The molecule has 2 atom stereocenters. The number of thioether (sulfide) groups is 1. The zero-order valence-electron chi connectivity index (χ0n) is 19.7. The van der Waals surface area contributed by atoms with Crippen molar-refractivity contribution in [1.29, 1.82) is 0 Å². The molecule has 0 aromatic heterocycles. The van der Waals surface area contributed by atoms with Crippen molar-refractivity contribution >= 4 is 46.0 Å². The van der Waals surface area contributed by atoms with Gasteiger partial charge in [-0.15, -0.1) is 11.6 Å². The van der Waals surface area contributed by atoms with Gasteiger partial charge in [0.2, 0.25) is 0 Å². The number of hydrogen-bond donors (Lipinski definition) is 1. The molecule has 2 unspecified atom stereocenters. The van der Waals surface area contributed by atoms with Crippen molar-refractivity contribution in [3.05, 3.63) is 57.2 Å². The van der Waals surface area contributed by atoms with Crippen molar-refractivity contribution < 1.29 is 14.6 Å². The Morgan fingerprint density at radius 1 is 1.06 bits per heavy atom. The van der Waals surface area contributed by atoms with Crippen molar-refractivity contribution in [3.63, 3.8) is 0 Å². The number of ether oxygens (including phenoxy) is 2. The second-order valence-electron chi connectivity index (χ2n) is 9.24. The fraction of sp³-hybridized carbons (Fsp3) is 0.538. The van der Waals surface area contributed by atoms with Gasteiger partial charge in [0.15, 0.2) is 0 Å². The van der Waals surface area contributed by atoms with E-state index in [2.05, 4.69) is 78.6 Å². The van der Waals surface area contributed by atoms with Gasteiger partial charge in [0.1, 0.15) is 24.2 Å². The molecule has 7 heteroatoms. The maximum Gasteiger partial charge on any atom is 0.132 e. The van der Waals surface area contributed by atoms with E-state index >= 15 is 0 Å². The molecule has 0 saturated carbocycles. The highest BCUT2D eigenvalue weighted by atomic mass is 123. The molecule has 0 spiro atoms. The van der Waals surface area contributed by atoms with Crippen molar-refractivity contribution in [2.45, 2.75) is 32.3 Å². The lowest BCUT2D eigenvalue weighted by molar-refractivity contribution is 0.0715. The molecule has 0 amide bonds. The van der Waals surface area contributed by atoms with E-state index in [1.807, 2.05) is 23.9 Å². The van der Waals surface area contributed by atoms with Gasteiger partial charge in [0, 0.05) is 48.4 Å². The summed E-state index contributed by atoms with van der Waals surface area (Å²) in [7, 11) is 0. The van der Waals surface area contributed by atoms with Gasteiger partial charge in [0.05, 0.1) is 10.2 Å². The molecule has 182 valence electrons. The van der Waals surface area contributed by atoms with E-state index in [1.54, 1.807) is 0 Å². The number of β-amino-alcohol motifs (C(OH)–C–C–N with tert-alkyl or cyclic N) is 1. The predicted octanol–water partition coefficient (Wildman–Crippen LogP) is 5.66. The van der Waals surface area contributed by atoms with Crippen molar-refractivity contribution in [2.75, 3.05) is 50.2 Å². The molecule has 1 saturated heterocycles. The van der Waals surface area contributed by atoms with Gasteiger partial charge in [-0.05, 0) is 58.0 Å². The van der Waals surface area contributed by atoms with Crippen LogP contribution in [0.15, 0.2) is 42.5 Å². The van der Waals surface area contributed by atoms with Gasteiger partial charge in [0.25, 0.3) is 0 Å². The zero-order valence-corrected chi connectivity index (χ0v) is 23.5. The largest absolute Gasteiger partial charge is 0.492 e. The Hall–Kier alpha value is -0.670. The minimum atomic E-state index is -0.473. The van der Waals surface area contributed by atoms with Crippen LogP contribution >= 0.6 is 46.0 Å². The third kappa shape index (κ3) is 7.92. The fourth-order valence-electron chi connectivity index (χ4n) is 3.74. The molecule has 1 N–H and O–H groups in total.